The summed E-state index contributed by atoms with van der Waals surface area (Å²) in [5.41, 5.74) is 4.17. The number of nitrogens with zero attached hydrogens (tertiary/aromatic N) is 3. The van der Waals surface area contributed by atoms with E-state index in [9.17, 15) is 4.79 Å². The van der Waals surface area contributed by atoms with Crippen LogP contribution < -0.4 is 10.2 Å². The Kier molecular flexibility index (Phi) is 3.69. The van der Waals surface area contributed by atoms with Crippen LogP contribution in [0.5, 0.6) is 0 Å². The van der Waals surface area contributed by atoms with E-state index in [1.165, 1.54) is 5.56 Å². The molecule has 24 heavy (non-hydrogen) atoms. The van der Waals surface area contributed by atoms with E-state index < -0.39 is 0 Å². The van der Waals surface area contributed by atoms with Gasteiger partial charge in [0.1, 0.15) is 5.65 Å². The zero-order valence-electron chi connectivity index (χ0n) is 13.6. The summed E-state index contributed by atoms with van der Waals surface area (Å²) in [4.78, 5) is 19.0. The molecule has 1 unspecified atom stereocenters. The molecule has 0 fully saturated rings. The molecule has 1 aromatic carbocycles. The summed E-state index contributed by atoms with van der Waals surface area (Å²) in [6.07, 6.45) is 5.62. The van der Waals surface area contributed by atoms with E-state index in [-0.39, 0.29) is 12.1 Å². The van der Waals surface area contributed by atoms with Crippen molar-refractivity contribution >= 4 is 17.4 Å². The summed E-state index contributed by atoms with van der Waals surface area (Å²) in [6.45, 7) is 2.66. The molecule has 5 heteroatoms. The minimum atomic E-state index is -0.0313. The van der Waals surface area contributed by atoms with Crippen molar-refractivity contribution in [1.29, 1.82) is 0 Å². The smallest absolute Gasteiger partial charge is 0.322 e. The molecule has 1 atom stereocenters. The molecule has 0 bridgehead atoms. The summed E-state index contributed by atoms with van der Waals surface area (Å²) >= 11 is 0. The molecule has 3 aromatic rings. The average molecular weight is 320 g/mol. The Labute approximate surface area is 140 Å². The quantitative estimate of drug-likeness (QED) is 0.806. The molecular formula is C19H20N4O. The van der Waals surface area contributed by atoms with Crippen LogP contribution in [-0.2, 0) is 12.8 Å². The summed E-state index contributed by atoms with van der Waals surface area (Å²) in [5.74, 6) is 0. The number of hydrogen-bond donors (Lipinski definition) is 1. The number of aromatic nitrogens is 2. The van der Waals surface area contributed by atoms with Gasteiger partial charge in [0.15, 0.2) is 0 Å². The Bertz CT molecular complexity index is 853. The third-order valence-corrected chi connectivity index (χ3v) is 4.50. The number of para-hydroxylation sites is 1. The van der Waals surface area contributed by atoms with Crippen molar-refractivity contribution < 1.29 is 4.79 Å². The zero-order chi connectivity index (χ0) is 16.5. The second-order valence-electron chi connectivity index (χ2n) is 6.23. The lowest BCUT2D eigenvalue weighted by molar-refractivity contribution is 0.245. The predicted octanol–water partition coefficient (Wildman–Crippen LogP) is 3.04. The van der Waals surface area contributed by atoms with Crippen molar-refractivity contribution in [2.45, 2.75) is 25.8 Å². The monoisotopic (exact) mass is 320 g/mol. The van der Waals surface area contributed by atoms with Gasteiger partial charge in [-0.05, 0) is 37.1 Å². The number of nitrogens with one attached hydrogen (secondary N) is 1. The molecule has 1 N–H and O–H groups in total. The lowest BCUT2D eigenvalue weighted by atomic mass is 10.1. The molecular weight excluding hydrogens is 300 g/mol. The van der Waals surface area contributed by atoms with Crippen molar-refractivity contribution in [3.8, 4) is 0 Å². The van der Waals surface area contributed by atoms with Gasteiger partial charge in [0.2, 0.25) is 0 Å². The summed E-state index contributed by atoms with van der Waals surface area (Å²) in [7, 11) is 0. The van der Waals surface area contributed by atoms with Crippen molar-refractivity contribution in [3.63, 3.8) is 0 Å². The molecule has 1 aliphatic rings. The minimum absolute atomic E-state index is 0.0313. The second kappa shape index (κ2) is 6.00. The lowest BCUT2D eigenvalue weighted by Crippen LogP contribution is -2.43. The number of amides is 2. The maximum absolute atomic E-state index is 12.6. The molecule has 122 valence electrons. The standard InChI is InChI=1S/C19H20N4O/c1-14-12-15-6-2-3-7-17(15)23(14)19(24)20-10-9-16-13-22-11-5-4-8-18(22)21-16/h2-8,11,13-14H,9-10,12H2,1H3,(H,20,24). The van der Waals surface area contributed by atoms with E-state index in [2.05, 4.69) is 23.3 Å². The number of pyridine rings is 1. The topological polar surface area (TPSA) is 49.6 Å². The van der Waals surface area contributed by atoms with Crippen LogP contribution in [-0.4, -0.2) is 28.0 Å². The first kappa shape index (κ1) is 14.8. The molecule has 0 aliphatic carbocycles. The number of carbonyl (C=O) groups is 1. The van der Waals surface area contributed by atoms with Gasteiger partial charge in [-0.15, -0.1) is 0 Å². The van der Waals surface area contributed by atoms with Gasteiger partial charge >= 0.3 is 6.03 Å². The third kappa shape index (κ3) is 2.62. The van der Waals surface area contributed by atoms with E-state index in [1.807, 2.05) is 58.1 Å². The molecule has 2 amide bonds. The molecule has 2 aromatic heterocycles. The van der Waals surface area contributed by atoms with Gasteiger partial charge in [0.25, 0.3) is 0 Å². The van der Waals surface area contributed by atoms with Crippen LogP contribution in [0, 0.1) is 0 Å². The lowest BCUT2D eigenvalue weighted by Gasteiger charge is -2.23. The number of carbonyl (C=O) groups excluding carboxylic acids is 1. The van der Waals surface area contributed by atoms with E-state index in [0.29, 0.717) is 6.54 Å². The molecule has 0 saturated carbocycles. The highest BCUT2D eigenvalue weighted by molar-refractivity contribution is 5.94. The summed E-state index contributed by atoms with van der Waals surface area (Å²) in [5, 5.41) is 3.03. The van der Waals surface area contributed by atoms with Crippen LogP contribution in [0.2, 0.25) is 0 Å². The largest absolute Gasteiger partial charge is 0.337 e. The number of fused-ring (bicyclic) bond motifs is 2. The average Bonchev–Trinajstić information content (AvgIpc) is 3.13. The van der Waals surface area contributed by atoms with Crippen LogP contribution in [0.25, 0.3) is 5.65 Å². The number of urea groups is 1. The second-order valence-corrected chi connectivity index (χ2v) is 6.23. The number of rotatable bonds is 3. The highest BCUT2D eigenvalue weighted by Crippen LogP contribution is 2.31. The van der Waals surface area contributed by atoms with Crippen LogP contribution in [0.15, 0.2) is 54.9 Å². The number of anilines is 1. The Morgan fingerprint density at radius 1 is 1.25 bits per heavy atom. The normalized spacial score (nSPS) is 16.4. The molecule has 4 rings (SSSR count). The molecule has 1 aliphatic heterocycles. The van der Waals surface area contributed by atoms with Gasteiger partial charge < -0.3 is 9.72 Å². The summed E-state index contributed by atoms with van der Waals surface area (Å²) in [6, 6.07) is 14.2. The first-order valence-electron chi connectivity index (χ1n) is 8.30. The van der Waals surface area contributed by atoms with Gasteiger partial charge in [0, 0.05) is 37.1 Å². The van der Waals surface area contributed by atoms with E-state index in [4.69, 9.17) is 0 Å². The van der Waals surface area contributed by atoms with Crippen LogP contribution in [0.1, 0.15) is 18.2 Å². The Hall–Kier alpha value is -2.82. The van der Waals surface area contributed by atoms with Gasteiger partial charge in [0.05, 0.1) is 5.69 Å². The third-order valence-electron chi connectivity index (χ3n) is 4.50. The maximum atomic E-state index is 12.6. The molecule has 3 heterocycles. The molecule has 0 saturated heterocycles. The Balaban J connectivity index is 1.40. The molecule has 0 spiro atoms. The highest BCUT2D eigenvalue weighted by Gasteiger charge is 2.30. The van der Waals surface area contributed by atoms with Gasteiger partial charge in [-0.1, -0.05) is 24.3 Å². The Morgan fingerprint density at radius 3 is 2.96 bits per heavy atom. The van der Waals surface area contributed by atoms with Crippen LogP contribution in [0.4, 0.5) is 10.5 Å². The fourth-order valence-corrected chi connectivity index (χ4v) is 3.37. The maximum Gasteiger partial charge on any atom is 0.322 e. The van der Waals surface area contributed by atoms with Crippen molar-refractivity contribution in [3.05, 3.63) is 66.1 Å². The number of benzene rings is 1. The fourth-order valence-electron chi connectivity index (χ4n) is 3.37. The number of imidazole rings is 1. The predicted molar refractivity (Wildman–Crippen MR) is 94.4 cm³/mol. The van der Waals surface area contributed by atoms with Gasteiger partial charge in [-0.3, -0.25) is 4.90 Å². The molecule has 5 nitrogen and oxygen atoms in total. The van der Waals surface area contributed by atoms with Crippen molar-refractivity contribution in [2.75, 3.05) is 11.4 Å². The van der Waals surface area contributed by atoms with Gasteiger partial charge in [-0.25, -0.2) is 9.78 Å². The van der Waals surface area contributed by atoms with E-state index >= 15 is 0 Å². The first-order chi connectivity index (χ1) is 11.7. The number of hydrogen-bond acceptors (Lipinski definition) is 2. The minimum Gasteiger partial charge on any atom is -0.337 e. The highest BCUT2D eigenvalue weighted by atomic mass is 16.2. The van der Waals surface area contributed by atoms with Crippen molar-refractivity contribution in [2.24, 2.45) is 0 Å². The van der Waals surface area contributed by atoms with Crippen molar-refractivity contribution in [1.82, 2.24) is 14.7 Å². The molecule has 0 radical (unpaired) electrons. The van der Waals surface area contributed by atoms with Crippen LogP contribution >= 0.6 is 0 Å². The van der Waals surface area contributed by atoms with Gasteiger partial charge in [-0.2, -0.15) is 0 Å². The summed E-state index contributed by atoms with van der Waals surface area (Å²) < 4.78 is 2.00. The van der Waals surface area contributed by atoms with E-state index in [0.717, 1.165) is 29.9 Å². The Morgan fingerprint density at radius 2 is 2.08 bits per heavy atom. The van der Waals surface area contributed by atoms with Crippen LogP contribution in [0.3, 0.4) is 0 Å². The first-order valence-corrected chi connectivity index (χ1v) is 8.30. The zero-order valence-corrected chi connectivity index (χ0v) is 13.6. The van der Waals surface area contributed by atoms with E-state index in [1.54, 1.807) is 0 Å². The fraction of sp³-hybridized carbons (Fsp3) is 0.263. The SMILES string of the molecule is CC1Cc2ccccc2N1C(=O)NCCc1cn2ccccc2n1.